The third kappa shape index (κ3) is 4.31. The summed E-state index contributed by atoms with van der Waals surface area (Å²) in [4.78, 5) is 43.2. The Hall–Kier alpha value is -3.97. The summed E-state index contributed by atoms with van der Waals surface area (Å²) in [7, 11) is 2.07. The summed E-state index contributed by atoms with van der Waals surface area (Å²) in [5.74, 6) is -0.682. The van der Waals surface area contributed by atoms with Crippen LogP contribution in [0.2, 0.25) is 0 Å². The fraction of sp³-hybridized carbons (Fsp3) is 0.250. The number of carbonyl (C=O) groups is 3. The Balaban J connectivity index is 1.46. The SMILES string of the molecule is C=C(CN1Cc2c(ccc3ccc(-c4cccc(C(=O)N5CCN(C)CC5)c4)cc23)C1=O)C(N)=O. The molecule has 2 aliphatic heterocycles. The molecule has 35 heavy (non-hydrogen) atoms. The Labute approximate surface area is 204 Å². The van der Waals surface area contributed by atoms with Crippen molar-refractivity contribution in [3.8, 4) is 11.1 Å². The van der Waals surface area contributed by atoms with Gasteiger partial charge in [0.25, 0.3) is 11.8 Å². The van der Waals surface area contributed by atoms with Gasteiger partial charge < -0.3 is 20.4 Å². The maximum absolute atomic E-state index is 13.1. The van der Waals surface area contributed by atoms with Gasteiger partial charge in [-0.2, -0.15) is 0 Å². The summed E-state index contributed by atoms with van der Waals surface area (Å²) >= 11 is 0. The lowest BCUT2D eigenvalue weighted by molar-refractivity contribution is -0.114. The van der Waals surface area contributed by atoms with E-state index in [1.807, 2.05) is 53.4 Å². The molecular formula is C28H28N4O3. The number of fused-ring (bicyclic) bond motifs is 3. The number of hydrogen-bond donors (Lipinski definition) is 1. The number of benzene rings is 3. The first-order valence-corrected chi connectivity index (χ1v) is 11.7. The number of nitrogens with zero attached hydrogens (tertiary/aromatic N) is 3. The predicted molar refractivity (Wildman–Crippen MR) is 136 cm³/mol. The Morgan fingerprint density at radius 1 is 0.971 bits per heavy atom. The smallest absolute Gasteiger partial charge is 0.254 e. The first-order chi connectivity index (χ1) is 16.8. The van der Waals surface area contributed by atoms with Crippen molar-refractivity contribution in [1.82, 2.24) is 14.7 Å². The van der Waals surface area contributed by atoms with E-state index in [4.69, 9.17) is 5.73 Å². The Morgan fingerprint density at radius 2 is 1.69 bits per heavy atom. The third-order valence-electron chi connectivity index (χ3n) is 6.96. The van der Waals surface area contributed by atoms with E-state index in [9.17, 15) is 14.4 Å². The maximum atomic E-state index is 13.1. The molecule has 2 heterocycles. The van der Waals surface area contributed by atoms with Crippen LogP contribution in [-0.2, 0) is 11.3 Å². The largest absolute Gasteiger partial charge is 0.366 e. The van der Waals surface area contributed by atoms with Gasteiger partial charge in [0, 0.05) is 49.4 Å². The molecule has 0 saturated carbocycles. The highest BCUT2D eigenvalue weighted by Crippen LogP contribution is 2.33. The Morgan fingerprint density at radius 3 is 2.43 bits per heavy atom. The van der Waals surface area contributed by atoms with Gasteiger partial charge in [-0.15, -0.1) is 0 Å². The van der Waals surface area contributed by atoms with Gasteiger partial charge in [0.15, 0.2) is 0 Å². The van der Waals surface area contributed by atoms with Crippen LogP contribution in [-0.4, -0.2) is 72.2 Å². The van der Waals surface area contributed by atoms with Crippen molar-refractivity contribution in [1.29, 1.82) is 0 Å². The molecule has 2 aliphatic rings. The molecule has 7 heteroatoms. The fourth-order valence-electron chi connectivity index (χ4n) is 4.82. The van der Waals surface area contributed by atoms with Crippen molar-refractivity contribution in [3.05, 3.63) is 83.4 Å². The molecule has 2 N–H and O–H groups in total. The van der Waals surface area contributed by atoms with Crippen LogP contribution in [0.25, 0.3) is 21.9 Å². The van der Waals surface area contributed by atoms with Crippen molar-refractivity contribution < 1.29 is 14.4 Å². The second-order valence-corrected chi connectivity index (χ2v) is 9.33. The van der Waals surface area contributed by atoms with Gasteiger partial charge in [-0.3, -0.25) is 14.4 Å². The molecule has 0 radical (unpaired) electrons. The van der Waals surface area contributed by atoms with E-state index in [0.29, 0.717) is 17.7 Å². The zero-order valence-corrected chi connectivity index (χ0v) is 19.8. The Kier molecular flexibility index (Phi) is 5.86. The average molecular weight is 469 g/mol. The lowest BCUT2D eigenvalue weighted by Crippen LogP contribution is -2.47. The van der Waals surface area contributed by atoms with Crippen molar-refractivity contribution in [2.75, 3.05) is 39.8 Å². The minimum Gasteiger partial charge on any atom is -0.366 e. The first kappa shape index (κ1) is 22.8. The summed E-state index contributed by atoms with van der Waals surface area (Å²) < 4.78 is 0. The zero-order chi connectivity index (χ0) is 24.7. The summed E-state index contributed by atoms with van der Waals surface area (Å²) in [6.07, 6.45) is 0. The van der Waals surface area contributed by atoms with Crippen LogP contribution < -0.4 is 5.73 Å². The van der Waals surface area contributed by atoms with Gasteiger partial charge in [-0.05, 0) is 58.8 Å². The number of piperazine rings is 1. The number of nitrogens with two attached hydrogens (primary N) is 1. The monoisotopic (exact) mass is 468 g/mol. The van der Waals surface area contributed by atoms with Crippen LogP contribution in [0.3, 0.4) is 0 Å². The van der Waals surface area contributed by atoms with Gasteiger partial charge in [0.05, 0.1) is 6.54 Å². The molecule has 1 fully saturated rings. The molecule has 178 valence electrons. The highest BCUT2D eigenvalue weighted by Gasteiger charge is 2.29. The average Bonchev–Trinajstić information content (AvgIpc) is 3.19. The third-order valence-corrected chi connectivity index (χ3v) is 6.96. The first-order valence-electron chi connectivity index (χ1n) is 11.7. The molecule has 0 aliphatic carbocycles. The fourth-order valence-corrected chi connectivity index (χ4v) is 4.82. The van der Waals surface area contributed by atoms with E-state index in [1.165, 1.54) is 0 Å². The van der Waals surface area contributed by atoms with E-state index in [2.05, 4.69) is 24.6 Å². The maximum Gasteiger partial charge on any atom is 0.254 e. The van der Waals surface area contributed by atoms with Crippen molar-refractivity contribution in [3.63, 3.8) is 0 Å². The number of hydrogen-bond acceptors (Lipinski definition) is 4. The molecule has 0 bridgehead atoms. The predicted octanol–water partition coefficient (Wildman–Crippen LogP) is 2.89. The number of likely N-dealkylation sites (N-methyl/N-ethyl adjacent to an activating group) is 1. The number of primary amides is 1. The highest BCUT2D eigenvalue weighted by atomic mass is 16.2. The van der Waals surface area contributed by atoms with Gasteiger partial charge in [0.1, 0.15) is 0 Å². The van der Waals surface area contributed by atoms with Crippen LogP contribution >= 0.6 is 0 Å². The van der Waals surface area contributed by atoms with Crippen molar-refractivity contribution in [2.45, 2.75) is 6.54 Å². The number of amides is 3. The number of rotatable bonds is 5. The summed E-state index contributed by atoms with van der Waals surface area (Å²) in [6.45, 7) is 7.41. The molecule has 7 nitrogen and oxygen atoms in total. The van der Waals surface area contributed by atoms with E-state index < -0.39 is 5.91 Å². The second-order valence-electron chi connectivity index (χ2n) is 9.33. The van der Waals surface area contributed by atoms with E-state index in [1.54, 1.807) is 4.90 Å². The standard InChI is InChI=1S/C28H28N4O3/c1-18(26(29)33)16-32-17-25-23(28(32)35)9-8-19-6-7-21(15-24(19)25)20-4-3-5-22(14-20)27(34)31-12-10-30(2)11-13-31/h3-9,14-15H,1,10-13,16-17H2,2H3,(H2,29,33). The lowest BCUT2D eigenvalue weighted by atomic mass is 9.95. The van der Waals surface area contributed by atoms with Gasteiger partial charge in [0.2, 0.25) is 5.91 Å². The van der Waals surface area contributed by atoms with E-state index in [0.717, 1.165) is 53.6 Å². The molecule has 1 saturated heterocycles. The van der Waals surface area contributed by atoms with Crippen molar-refractivity contribution >= 4 is 28.5 Å². The normalized spacial score (nSPS) is 16.0. The van der Waals surface area contributed by atoms with Crippen LogP contribution in [0.5, 0.6) is 0 Å². The summed E-state index contributed by atoms with van der Waals surface area (Å²) in [5.41, 5.74) is 9.69. The van der Waals surface area contributed by atoms with Crippen LogP contribution in [0.1, 0.15) is 26.3 Å². The molecule has 0 aromatic heterocycles. The van der Waals surface area contributed by atoms with E-state index >= 15 is 0 Å². The molecule has 3 aromatic carbocycles. The second kappa shape index (κ2) is 9.00. The Bertz CT molecular complexity index is 1370. The molecule has 0 unspecified atom stereocenters. The van der Waals surface area contributed by atoms with Gasteiger partial charge >= 0.3 is 0 Å². The molecular weight excluding hydrogens is 440 g/mol. The van der Waals surface area contributed by atoms with Crippen LogP contribution in [0.15, 0.2) is 66.7 Å². The molecule has 3 amide bonds. The molecule has 0 atom stereocenters. The minimum absolute atomic E-state index is 0.0533. The minimum atomic E-state index is -0.605. The highest BCUT2D eigenvalue weighted by molar-refractivity contribution is 6.06. The molecule has 3 aromatic rings. The van der Waals surface area contributed by atoms with Gasteiger partial charge in [-0.25, -0.2) is 0 Å². The topological polar surface area (TPSA) is 87.0 Å². The lowest BCUT2D eigenvalue weighted by Gasteiger charge is -2.32. The molecule has 5 rings (SSSR count). The van der Waals surface area contributed by atoms with Crippen LogP contribution in [0.4, 0.5) is 0 Å². The van der Waals surface area contributed by atoms with Gasteiger partial charge in [-0.1, -0.05) is 36.9 Å². The quantitative estimate of drug-likeness (QED) is 0.584. The van der Waals surface area contributed by atoms with Crippen LogP contribution in [0, 0.1) is 0 Å². The molecule has 0 spiro atoms. The zero-order valence-electron chi connectivity index (χ0n) is 19.8. The number of carbonyl (C=O) groups excluding carboxylic acids is 3. The summed E-state index contributed by atoms with van der Waals surface area (Å²) in [5, 5.41) is 2.01. The summed E-state index contributed by atoms with van der Waals surface area (Å²) in [6, 6.07) is 17.7. The van der Waals surface area contributed by atoms with E-state index in [-0.39, 0.29) is 23.9 Å². The van der Waals surface area contributed by atoms with Crippen molar-refractivity contribution in [2.24, 2.45) is 5.73 Å².